The topological polar surface area (TPSA) is 74.8 Å². The van der Waals surface area contributed by atoms with Gasteiger partial charge in [0, 0.05) is 23.5 Å². The predicted molar refractivity (Wildman–Crippen MR) is 102 cm³/mol. The smallest absolute Gasteiger partial charge is 0.267 e. The maximum Gasteiger partial charge on any atom is 0.267 e. The highest BCUT2D eigenvalue weighted by molar-refractivity contribution is 5.96. The largest absolute Gasteiger partial charge is 0.350 e. The molecule has 0 aliphatic rings. The van der Waals surface area contributed by atoms with Crippen LogP contribution < -0.4 is 10.9 Å². The molecule has 4 rings (SSSR count). The van der Waals surface area contributed by atoms with Crippen LogP contribution in [-0.2, 0) is 6.42 Å². The molecule has 0 radical (unpaired) electrons. The zero-order chi connectivity index (χ0) is 17.9. The second-order valence-electron chi connectivity index (χ2n) is 6.10. The van der Waals surface area contributed by atoms with Crippen molar-refractivity contribution in [3.05, 3.63) is 88.5 Å². The van der Waals surface area contributed by atoms with E-state index in [2.05, 4.69) is 15.3 Å². The number of nitrogens with zero attached hydrogens (tertiary/aromatic N) is 1. The molecule has 4 aromatic rings. The van der Waals surface area contributed by atoms with Gasteiger partial charge in [0.25, 0.3) is 11.5 Å². The Morgan fingerprint density at radius 1 is 1.00 bits per heavy atom. The second kappa shape index (κ2) is 6.80. The quantitative estimate of drug-likeness (QED) is 0.598. The monoisotopic (exact) mass is 343 g/mol. The van der Waals surface area contributed by atoms with Crippen molar-refractivity contribution in [3.63, 3.8) is 0 Å². The molecule has 0 unspecified atom stereocenters. The molecule has 0 spiro atoms. The fourth-order valence-electron chi connectivity index (χ4n) is 3.11. The number of nitrogens with one attached hydrogen (secondary N) is 2. The standard InChI is InChI=1S/C21H17N3O2/c25-20-17-9-2-1-5-16(17)13-18(24-20)21(26)23-12-10-15-7-3-6-14-8-4-11-22-19(14)15/h1-9,11,13H,10,12H2,(H,23,26)(H,24,25). The lowest BCUT2D eigenvalue weighted by Crippen LogP contribution is -2.28. The summed E-state index contributed by atoms with van der Waals surface area (Å²) in [4.78, 5) is 31.6. The number of hydrogen-bond acceptors (Lipinski definition) is 3. The lowest BCUT2D eigenvalue weighted by atomic mass is 10.1. The van der Waals surface area contributed by atoms with Crippen molar-refractivity contribution in [2.45, 2.75) is 6.42 Å². The molecule has 0 saturated heterocycles. The van der Waals surface area contributed by atoms with Crippen LogP contribution in [0.2, 0.25) is 0 Å². The highest BCUT2D eigenvalue weighted by Gasteiger charge is 2.09. The van der Waals surface area contributed by atoms with E-state index in [0.717, 1.165) is 21.9 Å². The molecule has 1 amide bonds. The van der Waals surface area contributed by atoms with Gasteiger partial charge in [-0.05, 0) is 35.6 Å². The number of hydrogen-bond donors (Lipinski definition) is 2. The van der Waals surface area contributed by atoms with E-state index in [1.165, 1.54) is 0 Å². The minimum atomic E-state index is -0.291. The van der Waals surface area contributed by atoms with Gasteiger partial charge in [-0.25, -0.2) is 0 Å². The first-order chi connectivity index (χ1) is 12.7. The van der Waals surface area contributed by atoms with Crippen LogP contribution in [0.1, 0.15) is 16.1 Å². The second-order valence-corrected chi connectivity index (χ2v) is 6.10. The third-order valence-corrected chi connectivity index (χ3v) is 4.39. The molecule has 2 N–H and O–H groups in total. The SMILES string of the molecule is O=C(NCCc1cccc2cccnc12)c1cc2ccccc2c(=O)[nH]1. The fourth-order valence-corrected chi connectivity index (χ4v) is 3.11. The van der Waals surface area contributed by atoms with Crippen molar-refractivity contribution in [3.8, 4) is 0 Å². The molecule has 0 aliphatic heterocycles. The number of amides is 1. The molecule has 0 saturated carbocycles. The molecule has 2 aromatic heterocycles. The number of carbonyl (C=O) groups excluding carboxylic acids is 1. The van der Waals surface area contributed by atoms with Crippen LogP contribution in [0, 0.1) is 0 Å². The van der Waals surface area contributed by atoms with Gasteiger partial charge in [0.15, 0.2) is 0 Å². The van der Waals surface area contributed by atoms with Gasteiger partial charge in [-0.3, -0.25) is 14.6 Å². The van der Waals surface area contributed by atoms with Crippen molar-refractivity contribution < 1.29 is 4.79 Å². The van der Waals surface area contributed by atoms with Crippen LogP contribution >= 0.6 is 0 Å². The first-order valence-electron chi connectivity index (χ1n) is 8.45. The summed E-state index contributed by atoms with van der Waals surface area (Å²) in [6, 6.07) is 18.9. The van der Waals surface area contributed by atoms with Crippen molar-refractivity contribution in [2.75, 3.05) is 6.54 Å². The number of pyridine rings is 2. The molecule has 0 fully saturated rings. The highest BCUT2D eigenvalue weighted by Crippen LogP contribution is 2.16. The van der Waals surface area contributed by atoms with Crippen molar-refractivity contribution in [2.24, 2.45) is 0 Å². The van der Waals surface area contributed by atoms with Gasteiger partial charge in [-0.1, -0.05) is 42.5 Å². The zero-order valence-electron chi connectivity index (χ0n) is 14.0. The summed E-state index contributed by atoms with van der Waals surface area (Å²) >= 11 is 0. The number of aromatic nitrogens is 2. The van der Waals surface area contributed by atoms with Crippen LogP contribution in [0.3, 0.4) is 0 Å². The van der Waals surface area contributed by atoms with Crippen LogP contribution in [0.25, 0.3) is 21.7 Å². The maximum atomic E-state index is 12.4. The maximum absolute atomic E-state index is 12.4. The molecule has 2 aromatic carbocycles. The van der Waals surface area contributed by atoms with E-state index in [1.807, 2.05) is 42.5 Å². The predicted octanol–water partition coefficient (Wildman–Crippen LogP) is 3.05. The Hall–Kier alpha value is -3.47. The number of rotatable bonds is 4. The molecular formula is C21H17N3O2. The Morgan fingerprint density at radius 2 is 1.81 bits per heavy atom. The van der Waals surface area contributed by atoms with Gasteiger partial charge in [-0.2, -0.15) is 0 Å². The van der Waals surface area contributed by atoms with Gasteiger partial charge in [-0.15, -0.1) is 0 Å². The summed E-state index contributed by atoms with van der Waals surface area (Å²) in [5.74, 6) is -0.291. The summed E-state index contributed by atoms with van der Waals surface area (Å²) in [7, 11) is 0. The van der Waals surface area contributed by atoms with E-state index >= 15 is 0 Å². The van der Waals surface area contributed by atoms with Gasteiger partial charge < -0.3 is 10.3 Å². The molecule has 5 heteroatoms. The first kappa shape index (κ1) is 16.0. The number of para-hydroxylation sites is 1. The van der Waals surface area contributed by atoms with Crippen LogP contribution in [0.4, 0.5) is 0 Å². The minimum absolute atomic E-state index is 0.258. The van der Waals surface area contributed by atoms with E-state index in [-0.39, 0.29) is 17.2 Å². The summed E-state index contributed by atoms with van der Waals surface area (Å²) in [5, 5.41) is 5.27. The van der Waals surface area contributed by atoms with Crippen molar-refractivity contribution in [1.82, 2.24) is 15.3 Å². The lowest BCUT2D eigenvalue weighted by Gasteiger charge is -2.08. The van der Waals surface area contributed by atoms with E-state index in [1.54, 1.807) is 24.4 Å². The summed E-state index contributed by atoms with van der Waals surface area (Å²) in [6.07, 6.45) is 2.43. The summed E-state index contributed by atoms with van der Waals surface area (Å²) < 4.78 is 0. The molecule has 0 atom stereocenters. The fraction of sp³-hybridized carbons (Fsp3) is 0.0952. The Kier molecular flexibility index (Phi) is 4.19. The van der Waals surface area contributed by atoms with Gasteiger partial charge in [0.05, 0.1) is 5.52 Å². The molecular weight excluding hydrogens is 326 g/mol. The van der Waals surface area contributed by atoms with Gasteiger partial charge in [0.2, 0.25) is 0 Å². The van der Waals surface area contributed by atoms with E-state index in [9.17, 15) is 9.59 Å². The third kappa shape index (κ3) is 3.07. The summed E-state index contributed by atoms with van der Waals surface area (Å²) in [5.41, 5.74) is 2.04. The average molecular weight is 343 g/mol. The van der Waals surface area contributed by atoms with Crippen molar-refractivity contribution in [1.29, 1.82) is 0 Å². The number of H-pyrrole nitrogens is 1. The van der Waals surface area contributed by atoms with Crippen molar-refractivity contribution >= 4 is 27.6 Å². The highest BCUT2D eigenvalue weighted by atomic mass is 16.2. The van der Waals surface area contributed by atoms with E-state index in [4.69, 9.17) is 0 Å². The van der Waals surface area contributed by atoms with Crippen LogP contribution in [-0.4, -0.2) is 22.4 Å². The molecule has 26 heavy (non-hydrogen) atoms. The Balaban J connectivity index is 1.50. The molecule has 128 valence electrons. The Labute approximate surface area is 149 Å². The number of aromatic amines is 1. The molecule has 5 nitrogen and oxygen atoms in total. The minimum Gasteiger partial charge on any atom is -0.350 e. The Morgan fingerprint density at radius 3 is 2.73 bits per heavy atom. The van der Waals surface area contributed by atoms with E-state index < -0.39 is 0 Å². The average Bonchev–Trinajstić information content (AvgIpc) is 2.68. The molecule has 2 heterocycles. The number of fused-ring (bicyclic) bond motifs is 2. The first-order valence-corrected chi connectivity index (χ1v) is 8.45. The zero-order valence-corrected chi connectivity index (χ0v) is 14.0. The number of carbonyl (C=O) groups is 1. The molecule has 0 bridgehead atoms. The number of benzene rings is 2. The molecule has 0 aliphatic carbocycles. The van der Waals surface area contributed by atoms with Gasteiger partial charge in [0.1, 0.15) is 5.69 Å². The van der Waals surface area contributed by atoms with Crippen LogP contribution in [0.5, 0.6) is 0 Å². The Bertz CT molecular complexity index is 1160. The summed E-state index contributed by atoms with van der Waals surface area (Å²) in [6.45, 7) is 0.462. The van der Waals surface area contributed by atoms with Crippen LogP contribution in [0.15, 0.2) is 71.7 Å². The van der Waals surface area contributed by atoms with E-state index in [0.29, 0.717) is 18.4 Å². The lowest BCUT2D eigenvalue weighted by molar-refractivity contribution is 0.0949. The normalized spacial score (nSPS) is 10.9. The third-order valence-electron chi connectivity index (χ3n) is 4.39. The van der Waals surface area contributed by atoms with Gasteiger partial charge >= 0.3 is 0 Å².